The van der Waals surface area contributed by atoms with Gasteiger partial charge < -0.3 is 0 Å². The summed E-state index contributed by atoms with van der Waals surface area (Å²) in [5.74, 6) is 0. The molecule has 0 unspecified atom stereocenters. The molecule has 16 heavy (non-hydrogen) atoms. The van der Waals surface area contributed by atoms with Gasteiger partial charge in [0.25, 0.3) is 0 Å². The summed E-state index contributed by atoms with van der Waals surface area (Å²) in [6.07, 6.45) is 1.94. The Balaban J connectivity index is 2.32. The van der Waals surface area contributed by atoms with E-state index < -0.39 is 11.0 Å². The highest BCUT2D eigenvalue weighted by atomic mass is 32.2. The Kier molecular flexibility index (Phi) is 2.98. The molecule has 0 heterocycles. The first-order chi connectivity index (χ1) is 7.48. The molecule has 1 aliphatic carbocycles. The number of benzene rings is 1. The lowest BCUT2D eigenvalue weighted by Crippen LogP contribution is -2.20. The van der Waals surface area contributed by atoms with Crippen LogP contribution in [0.1, 0.15) is 38.3 Å². The topological polar surface area (TPSA) is 29.4 Å². The van der Waals surface area contributed by atoms with Gasteiger partial charge in [-0.25, -0.2) is 4.21 Å². The minimum Gasteiger partial charge on any atom is -0.234 e. The van der Waals surface area contributed by atoms with Crippen LogP contribution in [0, 0.1) is 0 Å². The summed E-state index contributed by atoms with van der Waals surface area (Å²) in [6, 6.07) is 8.25. The van der Waals surface area contributed by atoms with Crippen LogP contribution >= 0.6 is 0 Å². The van der Waals surface area contributed by atoms with Gasteiger partial charge in [-0.05, 0) is 44.7 Å². The number of rotatable bonds is 1. The average molecular weight is 235 g/mol. The lowest BCUT2D eigenvalue weighted by atomic mass is 10.1. The Labute approximate surface area is 99.4 Å². The minimum absolute atomic E-state index is 0.273. The SMILES string of the molecule is CC(C)(C)[S@@](=O)/N=C1/CCc2ccccc21. The maximum absolute atomic E-state index is 12.0. The number of nitrogens with zero attached hydrogens (tertiary/aromatic N) is 1. The average Bonchev–Trinajstić information content (AvgIpc) is 2.61. The van der Waals surface area contributed by atoms with E-state index in [1.807, 2.05) is 32.9 Å². The van der Waals surface area contributed by atoms with Crippen molar-refractivity contribution in [2.24, 2.45) is 4.40 Å². The van der Waals surface area contributed by atoms with Crippen LogP contribution in [0.15, 0.2) is 28.7 Å². The van der Waals surface area contributed by atoms with E-state index in [1.54, 1.807) is 0 Å². The summed E-state index contributed by atoms with van der Waals surface area (Å²) in [5, 5.41) is 0. The quantitative estimate of drug-likeness (QED) is 0.736. The van der Waals surface area contributed by atoms with Crippen LogP contribution in [0.5, 0.6) is 0 Å². The highest BCUT2D eigenvalue weighted by Gasteiger charge is 2.23. The van der Waals surface area contributed by atoms with Crippen molar-refractivity contribution in [3.63, 3.8) is 0 Å². The van der Waals surface area contributed by atoms with Gasteiger partial charge in [-0.15, -0.1) is 0 Å². The standard InChI is InChI=1S/C13H17NOS/c1-13(2,3)16(15)14-12-9-8-10-6-4-5-7-11(10)12/h4-7H,8-9H2,1-3H3/b14-12-/t16-/m1/s1. The van der Waals surface area contributed by atoms with Crippen LogP contribution in [-0.4, -0.2) is 14.7 Å². The third-order valence-corrected chi connectivity index (χ3v) is 4.11. The molecule has 0 spiro atoms. The van der Waals surface area contributed by atoms with Crippen LogP contribution in [0.3, 0.4) is 0 Å². The van der Waals surface area contributed by atoms with E-state index in [9.17, 15) is 4.21 Å². The lowest BCUT2D eigenvalue weighted by molar-refractivity contribution is 0.650. The zero-order chi connectivity index (χ0) is 11.8. The second-order valence-electron chi connectivity index (χ2n) is 5.06. The van der Waals surface area contributed by atoms with Crippen molar-refractivity contribution in [3.05, 3.63) is 35.4 Å². The van der Waals surface area contributed by atoms with Crippen LogP contribution in [-0.2, 0) is 17.4 Å². The third-order valence-electron chi connectivity index (χ3n) is 2.68. The monoisotopic (exact) mass is 235 g/mol. The Morgan fingerprint density at radius 1 is 1.19 bits per heavy atom. The highest BCUT2D eigenvalue weighted by Crippen LogP contribution is 2.24. The molecule has 0 saturated carbocycles. The van der Waals surface area contributed by atoms with Crippen molar-refractivity contribution >= 4 is 16.7 Å². The number of fused-ring (bicyclic) bond motifs is 1. The first kappa shape index (κ1) is 11.5. The van der Waals surface area contributed by atoms with Crippen molar-refractivity contribution in [3.8, 4) is 0 Å². The molecule has 1 aromatic rings. The van der Waals surface area contributed by atoms with Gasteiger partial charge in [0, 0.05) is 0 Å². The van der Waals surface area contributed by atoms with Gasteiger partial charge in [-0.2, -0.15) is 4.40 Å². The van der Waals surface area contributed by atoms with E-state index in [2.05, 4.69) is 16.5 Å². The second kappa shape index (κ2) is 4.13. The van der Waals surface area contributed by atoms with Crippen LogP contribution < -0.4 is 0 Å². The fourth-order valence-corrected chi connectivity index (χ4v) is 2.40. The Morgan fingerprint density at radius 3 is 2.56 bits per heavy atom. The van der Waals surface area contributed by atoms with E-state index >= 15 is 0 Å². The maximum Gasteiger partial charge on any atom is 0.145 e. The van der Waals surface area contributed by atoms with Crippen molar-refractivity contribution in [2.75, 3.05) is 0 Å². The van der Waals surface area contributed by atoms with Gasteiger partial charge in [-0.1, -0.05) is 24.3 Å². The van der Waals surface area contributed by atoms with Crippen molar-refractivity contribution < 1.29 is 4.21 Å². The molecule has 1 aliphatic rings. The van der Waals surface area contributed by atoms with Gasteiger partial charge in [0.15, 0.2) is 0 Å². The van der Waals surface area contributed by atoms with Crippen LogP contribution in [0.25, 0.3) is 0 Å². The minimum atomic E-state index is -1.15. The van der Waals surface area contributed by atoms with Gasteiger partial charge >= 0.3 is 0 Å². The van der Waals surface area contributed by atoms with E-state index in [0.29, 0.717) is 0 Å². The summed E-state index contributed by atoms with van der Waals surface area (Å²) in [5.41, 5.74) is 3.51. The van der Waals surface area contributed by atoms with Crippen LogP contribution in [0.4, 0.5) is 0 Å². The Bertz CT molecular complexity index is 457. The molecule has 2 nitrogen and oxygen atoms in total. The normalized spacial score (nSPS) is 19.8. The van der Waals surface area contributed by atoms with Gasteiger partial charge in [0.1, 0.15) is 11.0 Å². The fraction of sp³-hybridized carbons (Fsp3) is 0.462. The van der Waals surface area contributed by atoms with Gasteiger partial charge in [0.05, 0.1) is 10.5 Å². The molecule has 2 rings (SSSR count). The summed E-state index contributed by atoms with van der Waals surface area (Å²) >= 11 is 0. The van der Waals surface area contributed by atoms with E-state index in [0.717, 1.165) is 18.6 Å². The first-order valence-electron chi connectivity index (χ1n) is 5.56. The maximum atomic E-state index is 12.0. The molecule has 1 aromatic carbocycles. The zero-order valence-electron chi connectivity index (χ0n) is 9.99. The lowest BCUT2D eigenvalue weighted by Gasteiger charge is -2.14. The molecule has 1 atom stereocenters. The van der Waals surface area contributed by atoms with E-state index in [1.165, 1.54) is 11.1 Å². The van der Waals surface area contributed by atoms with Gasteiger partial charge in [-0.3, -0.25) is 0 Å². The Hall–Kier alpha value is -0.960. The van der Waals surface area contributed by atoms with Gasteiger partial charge in [0.2, 0.25) is 0 Å². The number of hydrogen-bond donors (Lipinski definition) is 0. The molecule has 0 fully saturated rings. The number of hydrogen-bond acceptors (Lipinski definition) is 1. The van der Waals surface area contributed by atoms with E-state index in [4.69, 9.17) is 0 Å². The molecule has 0 amide bonds. The highest BCUT2D eigenvalue weighted by molar-refractivity contribution is 7.85. The molecule has 0 saturated heterocycles. The molecule has 0 radical (unpaired) electrons. The first-order valence-corrected chi connectivity index (χ1v) is 6.67. The second-order valence-corrected chi connectivity index (χ2v) is 6.96. The molecule has 3 heteroatoms. The molecular weight excluding hydrogens is 218 g/mol. The Morgan fingerprint density at radius 2 is 1.88 bits per heavy atom. The molecule has 0 aliphatic heterocycles. The summed E-state index contributed by atoms with van der Waals surface area (Å²) in [6.45, 7) is 5.86. The van der Waals surface area contributed by atoms with E-state index in [-0.39, 0.29) is 4.75 Å². The van der Waals surface area contributed by atoms with Crippen LogP contribution in [0.2, 0.25) is 0 Å². The summed E-state index contributed by atoms with van der Waals surface area (Å²) in [7, 11) is -1.15. The molecule has 86 valence electrons. The molecule has 0 aromatic heterocycles. The summed E-state index contributed by atoms with van der Waals surface area (Å²) in [4.78, 5) is 0. The predicted octanol–water partition coefficient (Wildman–Crippen LogP) is 2.88. The third kappa shape index (κ3) is 2.24. The largest absolute Gasteiger partial charge is 0.234 e. The molecule has 0 bridgehead atoms. The molecular formula is C13H17NOS. The van der Waals surface area contributed by atoms with Crippen molar-refractivity contribution in [1.82, 2.24) is 0 Å². The fourth-order valence-electron chi connectivity index (χ4n) is 1.74. The summed E-state index contributed by atoms with van der Waals surface area (Å²) < 4.78 is 16.1. The number of aryl methyl sites for hydroxylation is 1. The molecule has 0 N–H and O–H groups in total. The zero-order valence-corrected chi connectivity index (χ0v) is 10.8. The predicted molar refractivity (Wildman–Crippen MR) is 69.2 cm³/mol. The smallest absolute Gasteiger partial charge is 0.145 e. The van der Waals surface area contributed by atoms with Crippen molar-refractivity contribution in [2.45, 2.75) is 38.4 Å². The van der Waals surface area contributed by atoms with Crippen molar-refractivity contribution in [1.29, 1.82) is 0 Å².